The molecule has 6 heteroatoms. The van der Waals surface area contributed by atoms with E-state index in [1.807, 2.05) is 24.3 Å². The first-order valence-electron chi connectivity index (χ1n) is 8.93. The Balaban J connectivity index is 1.83. The normalized spacial score (nSPS) is 11.1. The molecule has 0 amide bonds. The number of rotatable bonds is 6. The highest BCUT2D eigenvalue weighted by molar-refractivity contribution is 6.35. The largest absolute Gasteiger partial charge is 0.493 e. The van der Waals surface area contributed by atoms with Crippen LogP contribution in [0, 0.1) is 13.8 Å². The highest BCUT2D eigenvalue weighted by Crippen LogP contribution is 2.37. The van der Waals surface area contributed by atoms with Gasteiger partial charge in [0, 0.05) is 21.8 Å². The van der Waals surface area contributed by atoms with Gasteiger partial charge in [0.15, 0.2) is 11.5 Å². The van der Waals surface area contributed by atoms with E-state index in [0.717, 1.165) is 22.4 Å². The number of hydrogen-bond donors (Lipinski definition) is 0. The smallest absolute Gasteiger partial charge is 0.180 e. The Morgan fingerprint density at radius 1 is 0.966 bits per heavy atom. The Morgan fingerprint density at radius 3 is 2.48 bits per heavy atom. The molecule has 3 aromatic carbocycles. The van der Waals surface area contributed by atoms with Gasteiger partial charge in [-0.3, -0.25) is 4.99 Å². The molecule has 0 radical (unpaired) electrons. The van der Waals surface area contributed by atoms with E-state index in [-0.39, 0.29) is 6.61 Å². The average molecular weight is 449 g/mol. The molecule has 0 aromatic heterocycles. The standard InChI is InChI=1S/C23H20Cl3NO2/c1-14-5-4-6-21(15(14)2)27-12-16-9-20(26)23(22(10-16)28-3)29-13-17-7-8-18(24)11-19(17)25/h4-12H,13H2,1-3H3. The third-order valence-electron chi connectivity index (χ3n) is 4.57. The summed E-state index contributed by atoms with van der Waals surface area (Å²) in [5, 5.41) is 1.53. The molecule has 0 aliphatic heterocycles. The maximum atomic E-state index is 6.46. The van der Waals surface area contributed by atoms with Crippen molar-refractivity contribution in [3.63, 3.8) is 0 Å². The number of aliphatic imine (C=N–C) groups is 1. The van der Waals surface area contributed by atoms with E-state index in [9.17, 15) is 0 Å². The minimum Gasteiger partial charge on any atom is -0.493 e. The SMILES string of the molecule is COc1cc(C=Nc2cccc(C)c2C)cc(Cl)c1OCc1ccc(Cl)cc1Cl. The van der Waals surface area contributed by atoms with Gasteiger partial charge in [-0.05, 0) is 60.9 Å². The van der Waals surface area contributed by atoms with Gasteiger partial charge in [-0.1, -0.05) is 53.0 Å². The fraction of sp³-hybridized carbons (Fsp3) is 0.174. The summed E-state index contributed by atoms with van der Waals surface area (Å²) in [5.41, 5.74) is 4.86. The molecule has 0 unspecified atom stereocenters. The predicted octanol–water partition coefficient (Wildman–Crippen LogP) is 7.60. The lowest BCUT2D eigenvalue weighted by molar-refractivity contribution is 0.285. The van der Waals surface area contributed by atoms with Crippen molar-refractivity contribution < 1.29 is 9.47 Å². The zero-order chi connectivity index (χ0) is 21.0. The molecule has 0 aliphatic rings. The van der Waals surface area contributed by atoms with E-state index >= 15 is 0 Å². The quantitative estimate of drug-likeness (QED) is 0.363. The van der Waals surface area contributed by atoms with Crippen LogP contribution in [0.2, 0.25) is 15.1 Å². The molecule has 29 heavy (non-hydrogen) atoms. The van der Waals surface area contributed by atoms with Crippen LogP contribution in [-0.2, 0) is 6.61 Å². The van der Waals surface area contributed by atoms with Gasteiger partial charge >= 0.3 is 0 Å². The molecular formula is C23H20Cl3NO2. The van der Waals surface area contributed by atoms with Crippen molar-refractivity contribution in [3.8, 4) is 11.5 Å². The van der Waals surface area contributed by atoms with Crippen molar-refractivity contribution in [2.75, 3.05) is 7.11 Å². The molecule has 0 atom stereocenters. The summed E-state index contributed by atoms with van der Waals surface area (Å²) in [5.74, 6) is 0.967. The first kappa shape index (κ1) is 21.5. The van der Waals surface area contributed by atoms with Crippen LogP contribution >= 0.6 is 34.8 Å². The van der Waals surface area contributed by atoms with Crippen LogP contribution in [0.15, 0.2) is 53.5 Å². The minimum atomic E-state index is 0.238. The number of methoxy groups -OCH3 is 1. The lowest BCUT2D eigenvalue weighted by Crippen LogP contribution is -2.00. The van der Waals surface area contributed by atoms with Crippen LogP contribution in [0.3, 0.4) is 0 Å². The van der Waals surface area contributed by atoms with Crippen LogP contribution in [-0.4, -0.2) is 13.3 Å². The molecule has 3 aromatic rings. The zero-order valence-electron chi connectivity index (χ0n) is 16.3. The van der Waals surface area contributed by atoms with Gasteiger partial charge in [-0.2, -0.15) is 0 Å². The lowest BCUT2D eigenvalue weighted by Gasteiger charge is -2.14. The van der Waals surface area contributed by atoms with Gasteiger partial charge in [0.2, 0.25) is 0 Å². The molecule has 0 aliphatic carbocycles. The summed E-state index contributed by atoms with van der Waals surface area (Å²) in [6.07, 6.45) is 1.76. The fourth-order valence-corrected chi connectivity index (χ4v) is 3.50. The van der Waals surface area contributed by atoms with Crippen LogP contribution < -0.4 is 9.47 Å². The van der Waals surface area contributed by atoms with Crippen molar-refractivity contribution in [3.05, 3.63) is 85.9 Å². The van der Waals surface area contributed by atoms with Gasteiger partial charge in [0.05, 0.1) is 17.8 Å². The summed E-state index contributed by atoms with van der Waals surface area (Å²) in [6.45, 7) is 4.35. The summed E-state index contributed by atoms with van der Waals surface area (Å²) < 4.78 is 11.4. The van der Waals surface area contributed by atoms with Gasteiger partial charge in [-0.15, -0.1) is 0 Å². The first-order chi connectivity index (χ1) is 13.9. The van der Waals surface area contributed by atoms with Crippen molar-refractivity contribution in [2.45, 2.75) is 20.5 Å². The van der Waals surface area contributed by atoms with Crippen LogP contribution in [0.4, 0.5) is 5.69 Å². The Hall–Kier alpha value is -2.20. The zero-order valence-corrected chi connectivity index (χ0v) is 18.6. The molecule has 0 N–H and O–H groups in total. The van der Waals surface area contributed by atoms with Crippen molar-refractivity contribution in [1.82, 2.24) is 0 Å². The summed E-state index contributed by atoms with van der Waals surface area (Å²) >= 11 is 18.6. The highest BCUT2D eigenvalue weighted by atomic mass is 35.5. The maximum Gasteiger partial charge on any atom is 0.180 e. The van der Waals surface area contributed by atoms with E-state index < -0.39 is 0 Å². The number of benzene rings is 3. The maximum absolute atomic E-state index is 6.46. The lowest BCUT2D eigenvalue weighted by atomic mass is 10.1. The van der Waals surface area contributed by atoms with Gasteiger partial charge in [0.25, 0.3) is 0 Å². The average Bonchev–Trinajstić information content (AvgIpc) is 2.69. The third-order valence-corrected chi connectivity index (χ3v) is 5.44. The molecule has 0 saturated heterocycles. The number of halogens is 3. The van der Waals surface area contributed by atoms with Crippen molar-refractivity contribution in [2.24, 2.45) is 4.99 Å². The number of nitrogens with zero attached hydrogens (tertiary/aromatic N) is 1. The molecule has 150 valence electrons. The van der Waals surface area contributed by atoms with Crippen molar-refractivity contribution >= 4 is 46.7 Å². The van der Waals surface area contributed by atoms with E-state index in [2.05, 4.69) is 24.9 Å². The predicted molar refractivity (Wildman–Crippen MR) is 122 cm³/mol. The third kappa shape index (κ3) is 5.24. The molecule has 0 saturated carbocycles. The van der Waals surface area contributed by atoms with E-state index in [1.165, 1.54) is 5.56 Å². The van der Waals surface area contributed by atoms with Crippen LogP contribution in [0.5, 0.6) is 11.5 Å². The summed E-state index contributed by atoms with van der Waals surface area (Å²) in [7, 11) is 1.57. The minimum absolute atomic E-state index is 0.238. The number of aryl methyl sites for hydroxylation is 1. The number of ether oxygens (including phenoxy) is 2. The molecule has 0 spiro atoms. The van der Waals surface area contributed by atoms with Crippen molar-refractivity contribution in [1.29, 1.82) is 0 Å². The van der Waals surface area contributed by atoms with Crippen LogP contribution in [0.1, 0.15) is 22.3 Å². The number of hydrogen-bond acceptors (Lipinski definition) is 3. The van der Waals surface area contributed by atoms with Gasteiger partial charge < -0.3 is 9.47 Å². The Kier molecular flexibility index (Phi) is 7.07. The van der Waals surface area contributed by atoms with E-state index in [0.29, 0.717) is 26.6 Å². The first-order valence-corrected chi connectivity index (χ1v) is 10.1. The summed E-state index contributed by atoms with van der Waals surface area (Å²) in [4.78, 5) is 4.59. The topological polar surface area (TPSA) is 30.8 Å². The Morgan fingerprint density at radius 2 is 1.76 bits per heavy atom. The molecule has 3 nitrogen and oxygen atoms in total. The molecule has 0 bridgehead atoms. The second-order valence-electron chi connectivity index (χ2n) is 6.54. The second-order valence-corrected chi connectivity index (χ2v) is 7.79. The molecule has 0 fully saturated rings. The second kappa shape index (κ2) is 9.53. The molecular weight excluding hydrogens is 429 g/mol. The fourth-order valence-electron chi connectivity index (χ4n) is 2.76. The van der Waals surface area contributed by atoms with Gasteiger partial charge in [-0.25, -0.2) is 0 Å². The van der Waals surface area contributed by atoms with Gasteiger partial charge in [0.1, 0.15) is 6.61 Å². The van der Waals surface area contributed by atoms with E-state index in [1.54, 1.807) is 31.5 Å². The molecule has 0 heterocycles. The van der Waals surface area contributed by atoms with Crippen LogP contribution in [0.25, 0.3) is 0 Å². The summed E-state index contributed by atoms with van der Waals surface area (Å²) in [6, 6.07) is 14.9. The van der Waals surface area contributed by atoms with E-state index in [4.69, 9.17) is 44.3 Å². The highest BCUT2D eigenvalue weighted by Gasteiger charge is 2.13. The molecule has 3 rings (SSSR count). The Bertz CT molecular complexity index is 1060. The Labute approximate surface area is 185 Å². The monoisotopic (exact) mass is 447 g/mol.